The van der Waals surface area contributed by atoms with Crippen molar-refractivity contribution in [2.45, 2.75) is 247 Å². The smallest absolute Gasteiger partial charge is 0.193 e. The molecule has 0 aliphatic heterocycles. The first kappa shape index (κ1) is 158. The number of nitrogens with two attached hydrogens (primary N) is 1. The zero-order valence-corrected chi connectivity index (χ0v) is 81.3. The first-order chi connectivity index (χ1) is 55.3. The molecule has 0 atom stereocenters. The fourth-order valence-corrected chi connectivity index (χ4v) is 9.32. The Kier molecular flexibility index (Phi) is 160. The first-order valence-electron chi connectivity index (χ1n) is 41.1. The van der Waals surface area contributed by atoms with Gasteiger partial charge in [0.05, 0.1) is 12.1 Å². The van der Waals surface area contributed by atoms with Crippen LogP contribution in [0.4, 0.5) is 0 Å². The Morgan fingerprint density at radius 3 is 0.545 bits per heavy atom. The number of azide groups is 1. The maximum absolute atomic E-state index is 11.8. The van der Waals surface area contributed by atoms with Crippen molar-refractivity contribution in [3.8, 4) is 0 Å². The fraction of sp³-hybridized carbons (Fsp3) is 0.330. The van der Waals surface area contributed by atoms with Crippen LogP contribution in [-0.4, -0.2) is 61.4 Å². The van der Waals surface area contributed by atoms with Gasteiger partial charge in [0.2, 0.25) is 0 Å². The van der Waals surface area contributed by atoms with Crippen molar-refractivity contribution in [1.29, 1.82) is 0 Å². The molecular weight excluding hydrogens is 1720 g/mol. The second-order valence-electron chi connectivity index (χ2n) is 20.1. The van der Waals surface area contributed by atoms with Crippen LogP contribution in [0.1, 0.15) is 319 Å². The standard InChI is InChI=1S/2C14H14.C13H11N3.C13H13N.C13H12O.C13H10O.12C2H6.5CH4.6B.I2/c2*1-12(13-8-4-2-5-9-13)14-10-6-3-7-11-14;14-16-15-13(11-7-3-1-4-8-11)12-9-5-2-6-10-12;3*14-13(11-7-3-1-4-8-11)12-9-5-2-6-10-12;12*1-2;;;;;;;;;;;;1-2/h2*2-12H,1H3;1-10,13H;1-10,13H,14H2;1-10,13-14H;1-10H;12*1-2H3;5*1H4;;;;;;;. The van der Waals surface area contributed by atoms with E-state index >= 15 is 0 Å². The molecule has 6 nitrogen and oxygen atoms in total. The van der Waals surface area contributed by atoms with Gasteiger partial charge in [-0.3, -0.25) is 4.79 Å². The lowest BCUT2D eigenvalue weighted by atomic mass is 9.93. The van der Waals surface area contributed by atoms with E-state index in [-0.39, 0.29) is 105 Å². The van der Waals surface area contributed by atoms with Gasteiger partial charge in [-0.05, 0) is 61.2 Å². The number of hydrogen-bond acceptors (Lipinski definition) is 4. The average molecular weight is 1880 g/mol. The molecule has 3 N–H and O–H groups in total. The van der Waals surface area contributed by atoms with Gasteiger partial charge in [-0.1, -0.05) is 586 Å². The maximum Gasteiger partial charge on any atom is 0.193 e. The van der Waals surface area contributed by atoms with Gasteiger partial charge in [0.1, 0.15) is 6.10 Å². The van der Waals surface area contributed by atoms with Crippen molar-refractivity contribution in [1.82, 2.24) is 0 Å². The molecule has 0 aromatic heterocycles. The summed E-state index contributed by atoms with van der Waals surface area (Å²) < 4.78 is 0. The van der Waals surface area contributed by atoms with Crippen LogP contribution in [-0.2, 0) is 0 Å². The molecule has 14 heteroatoms. The molecular formula is C109H166B6I2N4O2. The zero-order valence-electron chi connectivity index (χ0n) is 77.0. The van der Waals surface area contributed by atoms with Gasteiger partial charge < -0.3 is 10.8 Å². The fourth-order valence-electron chi connectivity index (χ4n) is 9.32. The second-order valence-corrected chi connectivity index (χ2v) is 20.1. The number of ketones is 1. The number of aliphatic hydroxyl groups is 1. The minimum Gasteiger partial charge on any atom is -0.384 e. The minimum atomic E-state index is -0.516. The molecule has 12 aromatic carbocycles. The van der Waals surface area contributed by atoms with Gasteiger partial charge in [-0.25, -0.2) is 0 Å². The molecule has 12 rings (SSSR count). The van der Waals surface area contributed by atoms with Crippen LogP contribution in [0.15, 0.2) is 369 Å². The Balaban J connectivity index is -0.0000000626. The van der Waals surface area contributed by atoms with Crippen LogP contribution in [0.5, 0.6) is 0 Å². The molecule has 0 heterocycles. The largest absolute Gasteiger partial charge is 0.384 e. The van der Waals surface area contributed by atoms with E-state index in [2.05, 4.69) is 207 Å². The van der Waals surface area contributed by atoms with Crippen LogP contribution in [0, 0.1) is 0 Å². The van der Waals surface area contributed by atoms with Crippen LogP contribution in [0.2, 0.25) is 0 Å². The Labute approximate surface area is 796 Å². The van der Waals surface area contributed by atoms with Crippen molar-refractivity contribution in [2.24, 2.45) is 10.8 Å². The molecule has 12 aromatic rings. The van der Waals surface area contributed by atoms with E-state index < -0.39 is 6.10 Å². The Morgan fingerprint density at radius 1 is 0.260 bits per heavy atom. The molecule has 0 aliphatic carbocycles. The summed E-state index contributed by atoms with van der Waals surface area (Å²) in [6.07, 6.45) is -0.516. The molecule has 0 amide bonds. The van der Waals surface area contributed by atoms with E-state index in [0.29, 0.717) is 11.8 Å². The van der Waals surface area contributed by atoms with Crippen LogP contribution < -0.4 is 5.73 Å². The van der Waals surface area contributed by atoms with Gasteiger partial charge in [0.15, 0.2) is 5.78 Å². The molecule has 123 heavy (non-hydrogen) atoms. The highest BCUT2D eigenvalue weighted by Gasteiger charge is 2.13. The number of aliphatic hydroxyl groups excluding tert-OH is 1. The Morgan fingerprint density at radius 2 is 0.390 bits per heavy atom. The van der Waals surface area contributed by atoms with Crippen LogP contribution in [0.3, 0.4) is 0 Å². The van der Waals surface area contributed by atoms with Crippen molar-refractivity contribution >= 4 is 93.5 Å². The highest BCUT2D eigenvalue weighted by Crippen LogP contribution is 2.27. The number of nitrogens with zero attached hydrogens (tertiary/aromatic N) is 3. The van der Waals surface area contributed by atoms with Crippen LogP contribution >= 0.6 is 37.2 Å². The molecule has 0 fully saturated rings. The number of halogens is 2. The quantitative estimate of drug-likeness (QED) is 0.0299. The lowest BCUT2D eigenvalue weighted by Gasteiger charge is -2.11. The molecule has 0 aliphatic rings. The van der Waals surface area contributed by atoms with Gasteiger partial charge in [0, 0.05) is 116 Å². The highest BCUT2D eigenvalue weighted by atomic mass is 128. The molecule has 18 radical (unpaired) electrons. The molecule has 666 valence electrons. The van der Waals surface area contributed by atoms with Crippen molar-refractivity contribution in [3.05, 3.63) is 441 Å². The van der Waals surface area contributed by atoms with E-state index in [9.17, 15) is 9.90 Å². The minimum absolute atomic E-state index is 0. The van der Waals surface area contributed by atoms with Gasteiger partial charge in [-0.2, -0.15) is 0 Å². The third kappa shape index (κ3) is 73.5. The van der Waals surface area contributed by atoms with Crippen molar-refractivity contribution in [3.63, 3.8) is 0 Å². The van der Waals surface area contributed by atoms with E-state index in [1.807, 2.05) is 385 Å². The van der Waals surface area contributed by atoms with E-state index in [4.69, 9.17) is 11.3 Å². The van der Waals surface area contributed by atoms with Gasteiger partial charge in [0.25, 0.3) is 0 Å². The summed E-state index contributed by atoms with van der Waals surface area (Å²) in [5.41, 5.74) is 27.9. The molecule has 0 bridgehead atoms. The summed E-state index contributed by atoms with van der Waals surface area (Å²) in [5, 5.41) is 13.8. The predicted molar refractivity (Wildman–Crippen MR) is 589 cm³/mol. The van der Waals surface area contributed by atoms with Crippen molar-refractivity contribution in [2.75, 3.05) is 0 Å². The number of rotatable bonds is 13. The summed E-state index contributed by atoms with van der Waals surface area (Å²) in [6, 6.07) is 120. The SMILES string of the molecule is C.C.C.C.C.CC.CC.CC.CC.CC.CC.CC.CC.CC.CC.CC.CC.CC(c1ccccc1)c1ccccc1.CC(c1ccccc1)c1ccccc1.II.NC(c1ccccc1)c1ccccc1.O=C(c1ccccc1)c1ccccc1.OC(c1ccccc1)c1ccccc1.[B].[B].[B].[B].[B].[B].[N-]=[N+]=NC(c1ccccc1)c1ccccc1. The summed E-state index contributed by atoms with van der Waals surface area (Å²) in [7, 11) is 0. The molecule has 0 saturated heterocycles. The summed E-state index contributed by atoms with van der Waals surface area (Å²) in [6.45, 7) is 52.5. The normalized spacial score (nSPS) is 7.76. The number of carbonyl (C=O) groups excluding carboxylic acids is 1. The average Bonchev–Trinajstić information content (AvgIpc) is 0.848. The lowest BCUT2D eigenvalue weighted by molar-refractivity contribution is 0.103. The summed E-state index contributed by atoms with van der Waals surface area (Å²) in [5.74, 6) is 1.04. The van der Waals surface area contributed by atoms with E-state index in [1.54, 1.807) is 0 Å². The second kappa shape index (κ2) is 124. The molecule has 0 unspecified atom stereocenters. The lowest BCUT2D eigenvalue weighted by Crippen LogP contribution is -2.11. The number of hydrogen-bond donors (Lipinski definition) is 2. The summed E-state index contributed by atoms with van der Waals surface area (Å²) in [4.78, 5) is 14.8. The summed E-state index contributed by atoms with van der Waals surface area (Å²) >= 11 is 4.24. The maximum atomic E-state index is 11.8. The third-order valence-electron chi connectivity index (χ3n) is 14.2. The van der Waals surface area contributed by atoms with Gasteiger partial charge >= 0.3 is 0 Å². The third-order valence-corrected chi connectivity index (χ3v) is 14.2. The van der Waals surface area contributed by atoms with Gasteiger partial charge in [-0.15, -0.1) is 0 Å². The molecule has 0 saturated carbocycles. The monoisotopic (exact) mass is 1880 g/mol. The molecule has 0 spiro atoms. The first-order valence-corrected chi connectivity index (χ1v) is 47.4. The highest BCUT2D eigenvalue weighted by molar-refractivity contribution is 15.0. The van der Waals surface area contributed by atoms with E-state index in [1.165, 1.54) is 22.3 Å². The zero-order chi connectivity index (χ0) is 86.2. The number of benzene rings is 12. The van der Waals surface area contributed by atoms with E-state index in [0.717, 1.165) is 44.5 Å². The Bertz CT molecular complexity index is 3230. The predicted octanol–water partition coefficient (Wildman–Crippen LogP) is 35.2. The topological polar surface area (TPSA) is 112 Å². The van der Waals surface area contributed by atoms with Crippen LogP contribution in [0.25, 0.3) is 10.4 Å². The number of carbonyl (C=O) groups is 1. The Hall–Kier alpha value is -8.61. The van der Waals surface area contributed by atoms with Crippen molar-refractivity contribution < 1.29 is 9.90 Å².